The zero-order chi connectivity index (χ0) is 25.2. The van der Waals surface area contributed by atoms with Crippen LogP contribution >= 0.6 is 11.8 Å². The molecule has 0 N–H and O–H groups in total. The van der Waals surface area contributed by atoms with E-state index in [4.69, 9.17) is 4.74 Å². The highest BCUT2D eigenvalue weighted by Gasteiger charge is 2.29. The van der Waals surface area contributed by atoms with E-state index in [9.17, 15) is 9.59 Å². The van der Waals surface area contributed by atoms with E-state index in [1.807, 2.05) is 78.6 Å². The SMILES string of the molecule is COc1ccc(N2CCN(C(=O)c3ccc4c(c3)N(C)C(=O)C(=Cc3cccc(C)c3)S4)CC2)cc1. The van der Waals surface area contributed by atoms with Crippen LogP contribution in [-0.4, -0.2) is 57.1 Å². The number of nitrogens with zero attached hydrogens (tertiary/aromatic N) is 3. The molecule has 0 atom stereocenters. The topological polar surface area (TPSA) is 53.1 Å². The lowest BCUT2D eigenvalue weighted by atomic mass is 10.1. The maximum absolute atomic E-state index is 13.3. The summed E-state index contributed by atoms with van der Waals surface area (Å²) in [6.45, 7) is 4.87. The van der Waals surface area contributed by atoms with E-state index < -0.39 is 0 Å². The molecule has 1 saturated heterocycles. The lowest BCUT2D eigenvalue weighted by molar-refractivity contribution is -0.114. The zero-order valence-corrected chi connectivity index (χ0v) is 21.5. The summed E-state index contributed by atoms with van der Waals surface area (Å²) in [4.78, 5) is 33.9. The number of methoxy groups -OCH3 is 1. The van der Waals surface area contributed by atoms with Crippen LogP contribution in [0, 0.1) is 6.92 Å². The monoisotopic (exact) mass is 499 g/mol. The molecule has 7 heteroatoms. The number of benzene rings is 3. The van der Waals surface area contributed by atoms with Crippen molar-refractivity contribution in [2.24, 2.45) is 0 Å². The van der Waals surface area contributed by atoms with E-state index in [2.05, 4.69) is 11.0 Å². The van der Waals surface area contributed by atoms with Crippen molar-refractivity contribution < 1.29 is 14.3 Å². The van der Waals surface area contributed by atoms with Gasteiger partial charge in [-0.05, 0) is 61.0 Å². The molecule has 1 fully saturated rings. The van der Waals surface area contributed by atoms with Crippen molar-refractivity contribution in [1.82, 2.24) is 4.90 Å². The van der Waals surface area contributed by atoms with Gasteiger partial charge in [-0.15, -0.1) is 0 Å². The lowest BCUT2D eigenvalue weighted by Gasteiger charge is -2.36. The smallest absolute Gasteiger partial charge is 0.264 e. The minimum atomic E-state index is -0.0632. The van der Waals surface area contributed by atoms with E-state index >= 15 is 0 Å². The van der Waals surface area contributed by atoms with E-state index in [1.165, 1.54) is 11.8 Å². The standard InChI is InChI=1S/C29H29N3O3S/c1-20-5-4-6-21(17-20)18-27-29(34)30(2)25-19-22(7-12-26(25)36-27)28(33)32-15-13-31(14-16-32)23-8-10-24(35-3)11-9-23/h4-12,17-19H,13-16H2,1-3H3. The summed E-state index contributed by atoms with van der Waals surface area (Å²) in [5.74, 6) is 0.769. The average molecular weight is 500 g/mol. The van der Waals surface area contributed by atoms with Crippen LogP contribution in [0.2, 0.25) is 0 Å². The summed E-state index contributed by atoms with van der Waals surface area (Å²) in [7, 11) is 3.43. The Labute approximate surface area is 216 Å². The van der Waals surface area contributed by atoms with Gasteiger partial charge in [-0.1, -0.05) is 41.6 Å². The number of carbonyl (C=O) groups is 2. The van der Waals surface area contributed by atoms with Crippen molar-refractivity contribution in [2.45, 2.75) is 11.8 Å². The fourth-order valence-electron chi connectivity index (χ4n) is 4.58. The highest BCUT2D eigenvalue weighted by atomic mass is 32.2. The second kappa shape index (κ2) is 10.1. The molecule has 3 aromatic carbocycles. The summed E-state index contributed by atoms with van der Waals surface area (Å²) in [6, 6.07) is 21.8. The number of carbonyl (C=O) groups excluding carboxylic acids is 2. The van der Waals surface area contributed by atoms with E-state index in [0.717, 1.165) is 46.2 Å². The normalized spacial score (nSPS) is 16.8. The Kier molecular flexibility index (Phi) is 6.74. The number of ether oxygens (including phenoxy) is 1. The molecule has 2 aliphatic rings. The van der Waals surface area contributed by atoms with E-state index in [1.54, 1.807) is 19.1 Å². The molecule has 0 radical (unpaired) electrons. The van der Waals surface area contributed by atoms with Crippen molar-refractivity contribution in [3.05, 3.63) is 88.3 Å². The first-order valence-electron chi connectivity index (χ1n) is 12.0. The summed E-state index contributed by atoms with van der Waals surface area (Å²) in [5.41, 5.74) is 4.66. The van der Waals surface area contributed by atoms with Crippen LogP contribution in [0.25, 0.3) is 6.08 Å². The number of fused-ring (bicyclic) bond motifs is 1. The first kappa shape index (κ1) is 24.0. The predicted octanol–water partition coefficient (Wildman–Crippen LogP) is 5.08. The summed E-state index contributed by atoms with van der Waals surface area (Å²) < 4.78 is 5.24. The first-order chi connectivity index (χ1) is 17.4. The summed E-state index contributed by atoms with van der Waals surface area (Å²) in [6.07, 6.45) is 1.93. The summed E-state index contributed by atoms with van der Waals surface area (Å²) in [5, 5.41) is 0. The molecule has 0 unspecified atom stereocenters. The van der Waals surface area contributed by atoms with Gasteiger partial charge in [0.05, 0.1) is 17.7 Å². The van der Waals surface area contributed by atoms with E-state index in [0.29, 0.717) is 23.6 Å². The molecule has 2 heterocycles. The minimum absolute atomic E-state index is 0.000806. The van der Waals surface area contributed by atoms with Gasteiger partial charge in [0, 0.05) is 49.4 Å². The number of anilines is 2. The molecule has 6 nitrogen and oxygen atoms in total. The zero-order valence-electron chi connectivity index (χ0n) is 20.7. The highest BCUT2D eigenvalue weighted by Crippen LogP contribution is 2.42. The molecule has 2 aliphatic heterocycles. The van der Waals surface area contributed by atoms with Crippen molar-refractivity contribution in [2.75, 3.05) is 50.1 Å². The number of aryl methyl sites for hydroxylation is 1. The van der Waals surface area contributed by atoms with Gasteiger partial charge >= 0.3 is 0 Å². The quantitative estimate of drug-likeness (QED) is 0.469. The van der Waals surface area contributed by atoms with Gasteiger partial charge in [0.25, 0.3) is 11.8 Å². The van der Waals surface area contributed by atoms with Gasteiger partial charge in [0.1, 0.15) is 5.75 Å². The van der Waals surface area contributed by atoms with Gasteiger partial charge in [-0.25, -0.2) is 0 Å². The Morgan fingerprint density at radius 3 is 2.42 bits per heavy atom. The van der Waals surface area contributed by atoms with Gasteiger partial charge in [-0.2, -0.15) is 0 Å². The number of rotatable bonds is 4. The third-order valence-electron chi connectivity index (χ3n) is 6.65. The van der Waals surface area contributed by atoms with Gasteiger partial charge in [-0.3, -0.25) is 9.59 Å². The van der Waals surface area contributed by atoms with Crippen molar-refractivity contribution in [3.63, 3.8) is 0 Å². The maximum atomic E-state index is 13.3. The molecule has 2 amide bonds. The molecule has 36 heavy (non-hydrogen) atoms. The molecular weight excluding hydrogens is 470 g/mol. The molecule has 0 aromatic heterocycles. The molecule has 0 saturated carbocycles. The molecule has 3 aromatic rings. The molecule has 184 valence electrons. The Balaban J connectivity index is 1.29. The second-order valence-corrected chi connectivity index (χ2v) is 10.1. The van der Waals surface area contributed by atoms with Gasteiger partial charge in [0.15, 0.2) is 0 Å². The third kappa shape index (κ3) is 4.84. The molecule has 0 spiro atoms. The fourth-order valence-corrected chi connectivity index (χ4v) is 5.67. The van der Waals surface area contributed by atoms with Crippen molar-refractivity contribution >= 4 is 41.0 Å². The van der Waals surface area contributed by atoms with Crippen LogP contribution in [0.1, 0.15) is 21.5 Å². The number of piperazine rings is 1. The van der Waals surface area contributed by atoms with Crippen LogP contribution in [-0.2, 0) is 4.79 Å². The molecular formula is C29H29N3O3S. The van der Waals surface area contributed by atoms with Crippen molar-refractivity contribution in [3.8, 4) is 5.75 Å². The van der Waals surface area contributed by atoms with Crippen LogP contribution < -0.4 is 14.5 Å². The summed E-state index contributed by atoms with van der Waals surface area (Å²) >= 11 is 1.46. The lowest BCUT2D eigenvalue weighted by Crippen LogP contribution is -2.48. The largest absolute Gasteiger partial charge is 0.497 e. The Hall–Kier alpha value is -3.71. The average Bonchev–Trinajstić information content (AvgIpc) is 2.91. The Bertz CT molecular complexity index is 1330. The van der Waals surface area contributed by atoms with Gasteiger partial charge < -0.3 is 19.4 Å². The van der Waals surface area contributed by atoms with E-state index in [-0.39, 0.29) is 11.8 Å². The van der Waals surface area contributed by atoms with Crippen LogP contribution in [0.3, 0.4) is 0 Å². The highest BCUT2D eigenvalue weighted by molar-refractivity contribution is 8.04. The fraction of sp³-hybridized carbons (Fsp3) is 0.241. The number of amides is 2. The predicted molar refractivity (Wildman–Crippen MR) is 146 cm³/mol. The van der Waals surface area contributed by atoms with Crippen LogP contribution in [0.4, 0.5) is 11.4 Å². The number of thioether (sulfide) groups is 1. The molecule has 5 rings (SSSR count). The van der Waals surface area contributed by atoms with Crippen LogP contribution in [0.5, 0.6) is 5.75 Å². The number of likely N-dealkylation sites (N-methyl/N-ethyl adjacent to an activating group) is 1. The second-order valence-electron chi connectivity index (χ2n) is 9.05. The first-order valence-corrected chi connectivity index (χ1v) is 12.8. The Morgan fingerprint density at radius 1 is 0.972 bits per heavy atom. The maximum Gasteiger partial charge on any atom is 0.264 e. The van der Waals surface area contributed by atoms with Gasteiger partial charge in [0.2, 0.25) is 0 Å². The van der Waals surface area contributed by atoms with Crippen molar-refractivity contribution in [1.29, 1.82) is 0 Å². The minimum Gasteiger partial charge on any atom is -0.497 e. The Morgan fingerprint density at radius 2 is 1.72 bits per heavy atom. The number of hydrogen-bond donors (Lipinski definition) is 0. The van der Waals surface area contributed by atoms with Crippen LogP contribution in [0.15, 0.2) is 76.5 Å². The third-order valence-corrected chi connectivity index (χ3v) is 7.72. The molecule has 0 bridgehead atoms. The molecule has 0 aliphatic carbocycles. The number of hydrogen-bond acceptors (Lipinski definition) is 5.